The van der Waals surface area contributed by atoms with Crippen molar-refractivity contribution in [3.8, 4) is 0 Å². The molecule has 0 aliphatic rings. The highest BCUT2D eigenvalue weighted by molar-refractivity contribution is 14.1. The summed E-state index contributed by atoms with van der Waals surface area (Å²) >= 11 is 1.07. The largest absolute Gasteiger partial charge is 0.453 e. The predicted molar refractivity (Wildman–Crippen MR) is 67.8 cm³/mol. The molecular weight excluding hydrogens is 487 g/mol. The van der Waals surface area contributed by atoms with E-state index in [1.165, 1.54) is 0 Å². The molecule has 0 fully saturated rings. The van der Waals surface area contributed by atoms with Crippen LogP contribution in [0.5, 0.6) is 0 Å². The number of alkyl halides is 13. The van der Waals surface area contributed by atoms with Crippen LogP contribution < -0.4 is 0 Å². The highest BCUT2D eigenvalue weighted by atomic mass is 127. The van der Waals surface area contributed by atoms with Gasteiger partial charge in [-0.2, -0.15) is 48.3 Å². The number of hydrogen-bond donors (Lipinski definition) is 0. The Morgan fingerprint density at radius 3 is 1.38 bits per heavy atom. The average molecular weight is 498 g/mol. The SMILES string of the molecule is FC(F)(F)C(F)(F)CCCCC(I)CC(F)(C(F)(F)F)C(F)(F)F. The fourth-order valence-electron chi connectivity index (χ4n) is 1.65. The molecular formula is C11H11F12I. The minimum absolute atomic E-state index is 0.509. The molecule has 1 unspecified atom stereocenters. The Morgan fingerprint density at radius 1 is 0.625 bits per heavy atom. The van der Waals surface area contributed by atoms with E-state index in [1.807, 2.05) is 0 Å². The van der Waals surface area contributed by atoms with Crippen LogP contribution in [-0.2, 0) is 0 Å². The topological polar surface area (TPSA) is 0 Å². The number of rotatable bonds is 7. The number of unbranched alkanes of at least 4 members (excludes halogenated alkanes) is 1. The van der Waals surface area contributed by atoms with E-state index >= 15 is 0 Å². The molecule has 0 bridgehead atoms. The van der Waals surface area contributed by atoms with Crippen molar-refractivity contribution in [3.63, 3.8) is 0 Å². The quantitative estimate of drug-likeness (QED) is 0.157. The van der Waals surface area contributed by atoms with Crippen LogP contribution in [0.1, 0.15) is 32.1 Å². The molecule has 0 nitrogen and oxygen atoms in total. The van der Waals surface area contributed by atoms with Gasteiger partial charge in [0, 0.05) is 16.8 Å². The molecule has 0 radical (unpaired) electrons. The van der Waals surface area contributed by atoms with Crippen molar-refractivity contribution >= 4 is 22.6 Å². The summed E-state index contributed by atoms with van der Waals surface area (Å²) in [5, 5.41) is 0. The maximum Gasteiger partial charge on any atom is 0.453 e. The second-order valence-electron chi connectivity index (χ2n) is 5.05. The Kier molecular flexibility index (Phi) is 7.60. The van der Waals surface area contributed by atoms with Gasteiger partial charge in [0.1, 0.15) is 0 Å². The first-order chi connectivity index (χ1) is 10.4. The zero-order valence-electron chi connectivity index (χ0n) is 11.5. The lowest BCUT2D eigenvalue weighted by atomic mass is 9.95. The van der Waals surface area contributed by atoms with Gasteiger partial charge < -0.3 is 0 Å². The maximum absolute atomic E-state index is 13.4. The van der Waals surface area contributed by atoms with Gasteiger partial charge in [0.25, 0.3) is 5.67 Å². The maximum atomic E-state index is 13.4. The zero-order chi connectivity index (χ0) is 19.6. The van der Waals surface area contributed by atoms with Gasteiger partial charge in [-0.15, -0.1) is 0 Å². The molecule has 1 atom stereocenters. The summed E-state index contributed by atoms with van der Waals surface area (Å²) < 4.78 is 146. The van der Waals surface area contributed by atoms with Gasteiger partial charge in [0.15, 0.2) is 0 Å². The molecule has 0 amide bonds. The molecule has 0 aliphatic heterocycles. The molecule has 0 heterocycles. The van der Waals surface area contributed by atoms with Crippen LogP contribution in [0.2, 0.25) is 0 Å². The van der Waals surface area contributed by atoms with Crippen molar-refractivity contribution in [2.24, 2.45) is 0 Å². The number of halogens is 13. The normalized spacial score (nSPS) is 16.4. The van der Waals surface area contributed by atoms with Crippen LogP contribution in [0, 0.1) is 0 Å². The van der Waals surface area contributed by atoms with Gasteiger partial charge in [-0.3, -0.25) is 0 Å². The third kappa shape index (κ3) is 6.00. The van der Waals surface area contributed by atoms with Crippen molar-refractivity contribution in [1.29, 1.82) is 0 Å². The standard InChI is InChI=1S/C11H11F12I/c12-7(9(15,16)17,10(18,19)20)5-6(24)3-1-2-4-8(13,14)11(21,22)23/h6H,1-5H2. The Balaban J connectivity index is 4.62. The lowest BCUT2D eigenvalue weighted by Gasteiger charge is -2.31. The minimum Gasteiger partial charge on any atom is -0.224 e. The first-order valence-corrected chi connectivity index (χ1v) is 7.51. The summed E-state index contributed by atoms with van der Waals surface area (Å²) in [6.07, 6.45) is -23.8. The van der Waals surface area contributed by atoms with E-state index in [-0.39, 0.29) is 0 Å². The Hall–Kier alpha value is -0.110. The molecule has 0 aliphatic carbocycles. The van der Waals surface area contributed by atoms with Gasteiger partial charge in [0.05, 0.1) is 0 Å². The second kappa shape index (κ2) is 7.64. The molecule has 0 aromatic heterocycles. The predicted octanol–water partition coefficient (Wildman–Crippen LogP) is 6.77. The fourth-order valence-corrected chi connectivity index (χ4v) is 2.70. The molecule has 146 valence electrons. The monoisotopic (exact) mass is 498 g/mol. The third-order valence-electron chi connectivity index (χ3n) is 3.07. The van der Waals surface area contributed by atoms with Gasteiger partial charge in [-0.25, -0.2) is 4.39 Å². The van der Waals surface area contributed by atoms with E-state index < -0.39 is 66.1 Å². The summed E-state index contributed by atoms with van der Waals surface area (Å²) in [6, 6.07) is 0. The van der Waals surface area contributed by atoms with Crippen molar-refractivity contribution in [2.45, 2.75) is 66.1 Å². The van der Waals surface area contributed by atoms with Crippen molar-refractivity contribution in [3.05, 3.63) is 0 Å². The fraction of sp³-hybridized carbons (Fsp3) is 1.00. The average Bonchev–Trinajstić information content (AvgIpc) is 2.30. The minimum atomic E-state index is -6.22. The van der Waals surface area contributed by atoms with Gasteiger partial charge >= 0.3 is 24.5 Å². The van der Waals surface area contributed by atoms with Crippen LogP contribution in [0.3, 0.4) is 0 Å². The van der Waals surface area contributed by atoms with Gasteiger partial charge in [-0.05, 0) is 12.8 Å². The first kappa shape index (κ1) is 23.9. The summed E-state index contributed by atoms with van der Waals surface area (Å²) in [6.45, 7) is 0. The molecule has 0 aromatic carbocycles. The zero-order valence-corrected chi connectivity index (χ0v) is 13.7. The smallest absolute Gasteiger partial charge is 0.224 e. The molecule has 13 heteroatoms. The van der Waals surface area contributed by atoms with Crippen LogP contribution >= 0.6 is 22.6 Å². The van der Waals surface area contributed by atoms with E-state index in [0.29, 0.717) is 0 Å². The molecule has 24 heavy (non-hydrogen) atoms. The van der Waals surface area contributed by atoms with E-state index in [4.69, 9.17) is 0 Å². The van der Waals surface area contributed by atoms with Crippen molar-refractivity contribution in [2.75, 3.05) is 0 Å². The molecule has 0 saturated carbocycles. The Labute approximate surface area is 142 Å². The lowest BCUT2D eigenvalue weighted by Crippen LogP contribution is -2.54. The highest BCUT2D eigenvalue weighted by Crippen LogP contribution is 2.50. The Bertz CT molecular complexity index is 379. The molecule has 0 saturated heterocycles. The molecule has 0 aromatic rings. The van der Waals surface area contributed by atoms with Crippen LogP contribution in [0.25, 0.3) is 0 Å². The van der Waals surface area contributed by atoms with E-state index in [1.54, 1.807) is 0 Å². The summed E-state index contributed by atoms with van der Waals surface area (Å²) in [4.78, 5) is 0. The molecule has 0 spiro atoms. The van der Waals surface area contributed by atoms with Crippen molar-refractivity contribution in [1.82, 2.24) is 0 Å². The first-order valence-electron chi connectivity index (χ1n) is 6.26. The van der Waals surface area contributed by atoms with Crippen molar-refractivity contribution < 1.29 is 52.7 Å². The van der Waals surface area contributed by atoms with E-state index in [0.717, 1.165) is 22.6 Å². The summed E-state index contributed by atoms with van der Waals surface area (Å²) in [5.41, 5.74) is -5.47. The van der Waals surface area contributed by atoms with Crippen LogP contribution in [0.4, 0.5) is 52.7 Å². The summed E-state index contributed by atoms with van der Waals surface area (Å²) in [7, 11) is 0. The Morgan fingerprint density at radius 2 is 1.04 bits per heavy atom. The third-order valence-corrected chi connectivity index (χ3v) is 4.14. The van der Waals surface area contributed by atoms with Crippen LogP contribution in [-0.4, -0.2) is 34.0 Å². The van der Waals surface area contributed by atoms with Gasteiger partial charge in [0.2, 0.25) is 0 Å². The number of hydrogen-bond acceptors (Lipinski definition) is 0. The second-order valence-corrected chi connectivity index (χ2v) is 6.81. The van der Waals surface area contributed by atoms with Crippen LogP contribution in [0.15, 0.2) is 0 Å². The molecule has 0 rings (SSSR count). The highest BCUT2D eigenvalue weighted by Gasteiger charge is 2.72. The van der Waals surface area contributed by atoms with E-state index in [2.05, 4.69) is 0 Å². The molecule has 0 N–H and O–H groups in total. The van der Waals surface area contributed by atoms with E-state index in [9.17, 15) is 52.7 Å². The lowest BCUT2D eigenvalue weighted by molar-refractivity contribution is -0.342. The summed E-state index contributed by atoms with van der Waals surface area (Å²) in [5.74, 6) is -5.00. The van der Waals surface area contributed by atoms with Gasteiger partial charge in [-0.1, -0.05) is 29.0 Å².